The number of aromatic amines is 1. The molecule has 5 heteroatoms. The maximum Gasteiger partial charge on any atom is 0.268 e. The Hall–Kier alpha value is -2.33. The maximum absolute atomic E-state index is 13.5. The molecule has 3 nitrogen and oxygen atoms in total. The van der Waals surface area contributed by atoms with Crippen molar-refractivity contribution in [3.63, 3.8) is 0 Å². The lowest BCUT2D eigenvalue weighted by molar-refractivity contribution is 0.0949. The van der Waals surface area contributed by atoms with E-state index in [-0.39, 0.29) is 11.7 Å². The molecule has 0 aliphatic rings. The molecule has 1 aromatic heterocycles. The number of nitrogens with one attached hydrogen (secondary N) is 2. The molecule has 1 amide bonds. The van der Waals surface area contributed by atoms with E-state index in [0.717, 1.165) is 16.5 Å². The largest absolute Gasteiger partial charge is 0.350 e. The monoisotopic (exact) mass is 330 g/mol. The Kier molecular flexibility index (Phi) is 4.35. The Morgan fingerprint density at radius 1 is 1.26 bits per heavy atom. The molecule has 0 unspecified atom stereocenters. The summed E-state index contributed by atoms with van der Waals surface area (Å²) in [5.74, 6) is -0.454. The lowest BCUT2D eigenvalue weighted by Gasteiger charge is -2.06. The van der Waals surface area contributed by atoms with Crippen LogP contribution in [0.4, 0.5) is 4.39 Å². The Morgan fingerprint density at radius 2 is 2.04 bits per heavy atom. The van der Waals surface area contributed by atoms with Crippen molar-refractivity contribution in [2.24, 2.45) is 0 Å². The van der Waals surface area contributed by atoms with Crippen molar-refractivity contribution in [3.8, 4) is 0 Å². The molecule has 0 spiro atoms. The van der Waals surface area contributed by atoms with Crippen molar-refractivity contribution in [1.29, 1.82) is 0 Å². The SMILES string of the molecule is Cc1c(C(=O)NCCc2ccccc2F)[nH]c2ccc(Cl)cc12. The van der Waals surface area contributed by atoms with Gasteiger partial charge in [0.15, 0.2) is 0 Å². The molecule has 2 N–H and O–H groups in total. The first-order valence-corrected chi connectivity index (χ1v) is 7.73. The first kappa shape index (κ1) is 15.6. The van der Waals surface area contributed by atoms with E-state index in [1.165, 1.54) is 6.07 Å². The summed E-state index contributed by atoms with van der Waals surface area (Å²) in [7, 11) is 0. The van der Waals surface area contributed by atoms with Crippen molar-refractivity contribution < 1.29 is 9.18 Å². The summed E-state index contributed by atoms with van der Waals surface area (Å²) in [4.78, 5) is 15.4. The second-order valence-electron chi connectivity index (χ2n) is 5.41. The normalized spacial score (nSPS) is 10.9. The summed E-state index contributed by atoms with van der Waals surface area (Å²) in [6, 6.07) is 12.0. The van der Waals surface area contributed by atoms with Crippen LogP contribution in [0.5, 0.6) is 0 Å². The van der Waals surface area contributed by atoms with Crippen LogP contribution in [0.3, 0.4) is 0 Å². The third-order valence-corrected chi connectivity index (χ3v) is 4.12. The van der Waals surface area contributed by atoms with E-state index in [0.29, 0.717) is 29.2 Å². The molecule has 0 aliphatic heterocycles. The third kappa shape index (κ3) is 3.22. The standard InChI is InChI=1S/C18H16ClFN2O/c1-11-14-10-13(19)6-7-16(14)22-17(11)18(23)21-9-8-12-4-2-3-5-15(12)20/h2-7,10,22H,8-9H2,1H3,(H,21,23). The summed E-state index contributed by atoms with van der Waals surface area (Å²) in [5.41, 5.74) is 2.82. The molecule has 0 radical (unpaired) electrons. The molecule has 0 aliphatic carbocycles. The van der Waals surface area contributed by atoms with Gasteiger partial charge in [-0.05, 0) is 48.7 Å². The lowest BCUT2D eigenvalue weighted by atomic mass is 10.1. The van der Waals surface area contributed by atoms with E-state index < -0.39 is 0 Å². The Labute approximate surface area is 138 Å². The fourth-order valence-corrected chi connectivity index (χ4v) is 2.80. The van der Waals surface area contributed by atoms with Crippen LogP contribution in [-0.4, -0.2) is 17.4 Å². The molecular formula is C18H16ClFN2O. The number of rotatable bonds is 4. The second-order valence-corrected chi connectivity index (χ2v) is 5.85. The number of H-pyrrole nitrogens is 1. The molecule has 1 heterocycles. The van der Waals surface area contributed by atoms with Gasteiger partial charge in [0.1, 0.15) is 11.5 Å². The molecule has 0 saturated carbocycles. The van der Waals surface area contributed by atoms with E-state index in [1.54, 1.807) is 24.3 Å². The number of benzene rings is 2. The summed E-state index contributed by atoms with van der Waals surface area (Å²) in [6.07, 6.45) is 0.448. The Bertz CT molecular complexity index is 873. The molecular weight excluding hydrogens is 315 g/mol. The van der Waals surface area contributed by atoms with Crippen molar-refractivity contribution in [2.75, 3.05) is 6.54 Å². The van der Waals surface area contributed by atoms with E-state index in [9.17, 15) is 9.18 Å². The number of carbonyl (C=O) groups is 1. The van der Waals surface area contributed by atoms with Crippen molar-refractivity contribution in [1.82, 2.24) is 10.3 Å². The number of aryl methyl sites for hydroxylation is 1. The molecule has 3 rings (SSSR count). The van der Waals surface area contributed by atoms with E-state index in [2.05, 4.69) is 10.3 Å². The number of hydrogen-bond donors (Lipinski definition) is 2. The highest BCUT2D eigenvalue weighted by Crippen LogP contribution is 2.24. The second kappa shape index (κ2) is 6.42. The number of halogens is 2. The molecule has 2 aromatic carbocycles. The lowest BCUT2D eigenvalue weighted by Crippen LogP contribution is -2.26. The van der Waals surface area contributed by atoms with Crippen molar-refractivity contribution >= 4 is 28.4 Å². The smallest absolute Gasteiger partial charge is 0.268 e. The quantitative estimate of drug-likeness (QED) is 0.738. The highest BCUT2D eigenvalue weighted by molar-refractivity contribution is 6.31. The van der Waals surface area contributed by atoms with E-state index in [1.807, 2.05) is 19.1 Å². The molecule has 0 bridgehead atoms. The highest BCUT2D eigenvalue weighted by atomic mass is 35.5. The zero-order chi connectivity index (χ0) is 16.4. The molecule has 23 heavy (non-hydrogen) atoms. The van der Waals surface area contributed by atoms with Gasteiger partial charge in [0, 0.05) is 22.5 Å². The first-order valence-electron chi connectivity index (χ1n) is 7.35. The predicted molar refractivity (Wildman–Crippen MR) is 90.5 cm³/mol. The molecule has 118 valence electrons. The summed E-state index contributed by atoms with van der Waals surface area (Å²) in [5, 5.41) is 4.38. The minimum atomic E-state index is -0.252. The summed E-state index contributed by atoms with van der Waals surface area (Å²) < 4.78 is 13.5. The van der Waals surface area contributed by atoms with Crippen LogP contribution in [0.1, 0.15) is 21.6 Å². The number of aromatic nitrogens is 1. The number of fused-ring (bicyclic) bond motifs is 1. The van der Waals surface area contributed by atoms with Gasteiger partial charge in [-0.3, -0.25) is 4.79 Å². The average Bonchev–Trinajstić information content (AvgIpc) is 2.86. The van der Waals surface area contributed by atoms with Gasteiger partial charge in [-0.15, -0.1) is 0 Å². The van der Waals surface area contributed by atoms with Crippen LogP contribution < -0.4 is 5.32 Å². The van der Waals surface area contributed by atoms with Gasteiger partial charge in [-0.2, -0.15) is 0 Å². The fourth-order valence-electron chi connectivity index (χ4n) is 2.63. The van der Waals surface area contributed by atoms with Gasteiger partial charge in [-0.25, -0.2) is 4.39 Å². The zero-order valence-electron chi connectivity index (χ0n) is 12.6. The number of carbonyl (C=O) groups excluding carboxylic acids is 1. The first-order chi connectivity index (χ1) is 11.1. The van der Waals surface area contributed by atoms with Gasteiger partial charge < -0.3 is 10.3 Å². The third-order valence-electron chi connectivity index (χ3n) is 3.89. The van der Waals surface area contributed by atoms with Crippen LogP contribution in [-0.2, 0) is 6.42 Å². The molecule has 0 atom stereocenters. The van der Waals surface area contributed by atoms with Gasteiger partial charge >= 0.3 is 0 Å². The molecule has 0 fully saturated rings. The Morgan fingerprint density at radius 3 is 2.83 bits per heavy atom. The van der Waals surface area contributed by atoms with Crippen LogP contribution >= 0.6 is 11.6 Å². The average molecular weight is 331 g/mol. The predicted octanol–water partition coefficient (Wildman–Crippen LogP) is 4.24. The minimum absolute atomic E-state index is 0.203. The van der Waals surface area contributed by atoms with Gasteiger partial charge in [0.2, 0.25) is 0 Å². The van der Waals surface area contributed by atoms with Gasteiger partial charge in [0.05, 0.1) is 0 Å². The van der Waals surface area contributed by atoms with Crippen LogP contribution in [0.25, 0.3) is 10.9 Å². The minimum Gasteiger partial charge on any atom is -0.350 e. The number of hydrogen-bond acceptors (Lipinski definition) is 1. The van der Waals surface area contributed by atoms with Crippen molar-refractivity contribution in [2.45, 2.75) is 13.3 Å². The van der Waals surface area contributed by atoms with Crippen molar-refractivity contribution in [3.05, 3.63) is 70.1 Å². The fraction of sp³-hybridized carbons (Fsp3) is 0.167. The summed E-state index contributed by atoms with van der Waals surface area (Å²) >= 11 is 6.00. The zero-order valence-corrected chi connectivity index (χ0v) is 13.4. The molecule has 0 saturated heterocycles. The summed E-state index contributed by atoms with van der Waals surface area (Å²) in [6.45, 7) is 2.25. The van der Waals surface area contributed by atoms with Gasteiger partial charge in [0.25, 0.3) is 5.91 Å². The van der Waals surface area contributed by atoms with Crippen LogP contribution in [0, 0.1) is 12.7 Å². The Balaban J connectivity index is 1.71. The van der Waals surface area contributed by atoms with E-state index >= 15 is 0 Å². The van der Waals surface area contributed by atoms with Crippen LogP contribution in [0.15, 0.2) is 42.5 Å². The van der Waals surface area contributed by atoms with E-state index in [4.69, 9.17) is 11.6 Å². The topological polar surface area (TPSA) is 44.9 Å². The highest BCUT2D eigenvalue weighted by Gasteiger charge is 2.14. The van der Waals surface area contributed by atoms with Gasteiger partial charge in [-0.1, -0.05) is 29.8 Å². The van der Waals surface area contributed by atoms with Crippen LogP contribution in [0.2, 0.25) is 5.02 Å². The number of amides is 1. The molecule has 3 aromatic rings. The maximum atomic E-state index is 13.5.